The SMILES string of the molecule is O=C(O)C1CCN(c2cc(Cl)cc(CN3CCCC34CCN(C(=O)OC(C(F)(F)F)C(F)(F)F)CC4)c2)CC1. The molecule has 0 atom stereocenters. The van der Waals surface area contributed by atoms with E-state index in [1.54, 1.807) is 0 Å². The van der Waals surface area contributed by atoms with Crippen LogP contribution in [-0.2, 0) is 16.1 Å². The molecule has 4 rings (SSSR count). The number of hydrogen-bond acceptors (Lipinski definition) is 5. The van der Waals surface area contributed by atoms with Crippen LogP contribution in [0.5, 0.6) is 0 Å². The molecule has 1 spiro atoms. The number of benzene rings is 1. The first kappa shape index (κ1) is 29.6. The van der Waals surface area contributed by atoms with Crippen molar-refractivity contribution in [2.75, 3.05) is 37.6 Å². The first-order chi connectivity index (χ1) is 18.2. The quantitative estimate of drug-likeness (QED) is 0.447. The van der Waals surface area contributed by atoms with Crippen molar-refractivity contribution in [3.63, 3.8) is 0 Å². The highest BCUT2D eigenvalue weighted by Gasteiger charge is 2.60. The third-order valence-corrected chi connectivity index (χ3v) is 8.25. The fourth-order valence-electron chi connectivity index (χ4n) is 5.92. The second-order valence-corrected chi connectivity index (χ2v) is 10.9. The van der Waals surface area contributed by atoms with Crippen molar-refractivity contribution in [3.05, 3.63) is 28.8 Å². The highest BCUT2D eigenvalue weighted by atomic mass is 35.5. The summed E-state index contributed by atoms with van der Waals surface area (Å²) in [4.78, 5) is 28.7. The molecule has 0 radical (unpaired) electrons. The van der Waals surface area contributed by atoms with Crippen LogP contribution < -0.4 is 4.90 Å². The summed E-state index contributed by atoms with van der Waals surface area (Å²) in [5.41, 5.74) is 1.50. The number of hydrogen-bond donors (Lipinski definition) is 1. The number of likely N-dealkylation sites (tertiary alicyclic amines) is 2. The van der Waals surface area contributed by atoms with Crippen molar-refractivity contribution in [3.8, 4) is 0 Å². The van der Waals surface area contributed by atoms with Crippen LogP contribution in [0.2, 0.25) is 5.02 Å². The molecule has 218 valence electrons. The number of carboxylic acid groups (broad SMARTS) is 1. The summed E-state index contributed by atoms with van der Waals surface area (Å²) in [5, 5.41) is 9.79. The van der Waals surface area contributed by atoms with Crippen molar-refractivity contribution < 1.29 is 45.8 Å². The van der Waals surface area contributed by atoms with E-state index in [1.807, 2.05) is 18.2 Å². The second-order valence-electron chi connectivity index (χ2n) is 10.5. The molecule has 1 aromatic carbocycles. The molecule has 1 N–H and O–H groups in total. The largest absolute Gasteiger partial charge is 0.481 e. The molecule has 1 aromatic rings. The molecule has 14 heteroatoms. The predicted molar refractivity (Wildman–Crippen MR) is 130 cm³/mol. The predicted octanol–water partition coefficient (Wildman–Crippen LogP) is 5.70. The molecule has 3 fully saturated rings. The topological polar surface area (TPSA) is 73.3 Å². The van der Waals surface area contributed by atoms with Gasteiger partial charge in [0.05, 0.1) is 5.92 Å². The number of rotatable bonds is 5. The Labute approximate surface area is 226 Å². The number of ether oxygens (including phenoxy) is 1. The summed E-state index contributed by atoms with van der Waals surface area (Å²) >= 11 is 6.41. The Morgan fingerprint density at radius 1 is 0.974 bits per heavy atom. The van der Waals surface area contributed by atoms with Gasteiger partial charge in [0.25, 0.3) is 6.10 Å². The summed E-state index contributed by atoms with van der Waals surface area (Å²) < 4.78 is 80.7. The van der Waals surface area contributed by atoms with Gasteiger partial charge < -0.3 is 19.6 Å². The third kappa shape index (κ3) is 6.85. The fourth-order valence-corrected chi connectivity index (χ4v) is 6.17. The number of carboxylic acids is 1. The smallest absolute Gasteiger partial charge is 0.434 e. The van der Waals surface area contributed by atoms with E-state index in [1.165, 1.54) is 0 Å². The number of nitrogens with zero attached hydrogens (tertiary/aromatic N) is 3. The molecular weight excluding hydrogens is 556 g/mol. The van der Waals surface area contributed by atoms with Gasteiger partial charge in [-0.1, -0.05) is 11.6 Å². The molecule has 0 aromatic heterocycles. The van der Waals surface area contributed by atoms with E-state index in [2.05, 4.69) is 14.5 Å². The van der Waals surface area contributed by atoms with Crippen molar-refractivity contribution in [1.82, 2.24) is 9.80 Å². The van der Waals surface area contributed by atoms with Gasteiger partial charge in [0.2, 0.25) is 0 Å². The highest BCUT2D eigenvalue weighted by Crippen LogP contribution is 2.41. The van der Waals surface area contributed by atoms with E-state index in [9.17, 15) is 41.0 Å². The van der Waals surface area contributed by atoms with Gasteiger partial charge in [-0.15, -0.1) is 0 Å². The number of alkyl halides is 6. The molecular formula is C25H30ClF6N3O4. The van der Waals surface area contributed by atoms with Gasteiger partial charge in [-0.05, 0) is 68.8 Å². The first-order valence-electron chi connectivity index (χ1n) is 12.8. The molecule has 39 heavy (non-hydrogen) atoms. The molecule has 3 aliphatic rings. The number of aliphatic carboxylic acids is 1. The maximum absolute atomic E-state index is 12.8. The van der Waals surface area contributed by atoms with Crippen LogP contribution in [-0.4, -0.2) is 83.7 Å². The van der Waals surface area contributed by atoms with Crippen LogP contribution in [0.3, 0.4) is 0 Å². The number of amides is 1. The summed E-state index contributed by atoms with van der Waals surface area (Å²) in [6.45, 7) is 2.45. The Balaban J connectivity index is 1.39. The lowest BCUT2D eigenvalue weighted by Gasteiger charge is -2.45. The van der Waals surface area contributed by atoms with E-state index in [0.29, 0.717) is 50.3 Å². The molecule has 7 nitrogen and oxygen atoms in total. The van der Waals surface area contributed by atoms with Crippen molar-refractivity contribution in [1.29, 1.82) is 0 Å². The minimum atomic E-state index is -5.75. The summed E-state index contributed by atoms with van der Waals surface area (Å²) in [6.07, 6.45) is -13.8. The van der Waals surface area contributed by atoms with E-state index in [-0.39, 0.29) is 24.5 Å². The number of carbonyl (C=O) groups excluding carboxylic acids is 1. The molecule has 3 heterocycles. The Hall–Kier alpha value is -2.41. The lowest BCUT2D eigenvalue weighted by Crippen LogP contribution is -2.54. The molecule has 0 bridgehead atoms. The second kappa shape index (κ2) is 11.2. The van der Waals surface area contributed by atoms with Gasteiger partial charge in [-0.2, -0.15) is 26.3 Å². The van der Waals surface area contributed by atoms with Gasteiger partial charge in [-0.25, -0.2) is 4.79 Å². The van der Waals surface area contributed by atoms with Crippen LogP contribution in [0, 0.1) is 5.92 Å². The van der Waals surface area contributed by atoms with E-state index in [0.717, 1.165) is 35.5 Å². The van der Waals surface area contributed by atoms with E-state index >= 15 is 0 Å². The normalized spacial score (nSPS) is 21.1. The van der Waals surface area contributed by atoms with Gasteiger partial charge in [0, 0.05) is 49.0 Å². The number of halogens is 7. The van der Waals surface area contributed by atoms with Crippen LogP contribution in [0.15, 0.2) is 18.2 Å². The highest BCUT2D eigenvalue weighted by molar-refractivity contribution is 6.30. The molecule has 0 aliphatic carbocycles. The number of carbonyl (C=O) groups is 2. The Bertz CT molecular complexity index is 1040. The maximum atomic E-state index is 12.8. The Morgan fingerprint density at radius 3 is 2.15 bits per heavy atom. The van der Waals surface area contributed by atoms with Crippen molar-refractivity contribution in [2.45, 2.75) is 69.1 Å². The van der Waals surface area contributed by atoms with Crippen LogP contribution in [0.1, 0.15) is 44.1 Å². The molecule has 1 amide bonds. The lowest BCUT2D eigenvalue weighted by molar-refractivity contribution is -0.308. The van der Waals surface area contributed by atoms with Gasteiger partial charge >= 0.3 is 24.4 Å². The molecule has 0 unspecified atom stereocenters. The lowest BCUT2D eigenvalue weighted by atomic mass is 9.85. The molecule has 0 saturated carbocycles. The van der Waals surface area contributed by atoms with Gasteiger partial charge in [-0.3, -0.25) is 9.69 Å². The van der Waals surface area contributed by atoms with Crippen LogP contribution in [0.25, 0.3) is 0 Å². The summed E-state index contributed by atoms with van der Waals surface area (Å²) in [7, 11) is 0. The van der Waals surface area contributed by atoms with Crippen LogP contribution in [0.4, 0.5) is 36.8 Å². The zero-order chi connectivity index (χ0) is 28.6. The molecule has 3 saturated heterocycles. The fraction of sp³-hybridized carbons (Fsp3) is 0.680. The maximum Gasteiger partial charge on any atom is 0.434 e. The van der Waals surface area contributed by atoms with E-state index < -0.39 is 30.5 Å². The first-order valence-corrected chi connectivity index (χ1v) is 13.2. The monoisotopic (exact) mass is 585 g/mol. The van der Waals surface area contributed by atoms with E-state index in [4.69, 9.17) is 11.6 Å². The minimum absolute atomic E-state index is 0.0168. The van der Waals surface area contributed by atoms with Crippen molar-refractivity contribution in [2.24, 2.45) is 5.92 Å². The Morgan fingerprint density at radius 2 is 1.59 bits per heavy atom. The number of anilines is 1. The number of piperidine rings is 2. The third-order valence-electron chi connectivity index (χ3n) is 8.03. The summed E-state index contributed by atoms with van der Waals surface area (Å²) in [6, 6.07) is 5.70. The van der Waals surface area contributed by atoms with Crippen molar-refractivity contribution >= 4 is 29.4 Å². The zero-order valence-electron chi connectivity index (χ0n) is 21.0. The standard InChI is InChI=1S/C25H30ClF6N3O4/c26-18-12-16(13-19(14-18)33-8-2-17(3-9-33)20(36)37)15-35-7-1-4-23(35)5-10-34(11-6-23)22(38)39-21(24(27,28)29)25(30,31)32/h12-14,17,21H,1-11,15H2,(H,36,37). The van der Waals surface area contributed by atoms with Gasteiger partial charge in [0.1, 0.15) is 0 Å². The minimum Gasteiger partial charge on any atom is -0.481 e. The average Bonchev–Trinajstić information content (AvgIpc) is 3.22. The van der Waals surface area contributed by atoms with Gasteiger partial charge in [0.15, 0.2) is 0 Å². The van der Waals surface area contributed by atoms with Crippen LogP contribution >= 0.6 is 11.6 Å². The average molecular weight is 586 g/mol. The summed E-state index contributed by atoms with van der Waals surface area (Å²) in [5.74, 6) is -1.15. The zero-order valence-corrected chi connectivity index (χ0v) is 21.8. The Kier molecular flexibility index (Phi) is 8.51. The molecule has 3 aliphatic heterocycles.